The Hall–Kier alpha value is -3.10. The molecule has 9 nitrogen and oxygen atoms in total. The van der Waals surface area contributed by atoms with Gasteiger partial charge in [0.05, 0.1) is 48.5 Å². The van der Waals surface area contributed by atoms with Crippen LogP contribution < -0.4 is 10.1 Å². The maximum absolute atomic E-state index is 11.9. The highest BCUT2D eigenvalue weighted by Gasteiger charge is 2.28. The van der Waals surface area contributed by atoms with Crippen molar-refractivity contribution >= 4 is 12.1 Å². The van der Waals surface area contributed by atoms with E-state index >= 15 is 0 Å². The van der Waals surface area contributed by atoms with Crippen LogP contribution in [0.3, 0.4) is 0 Å². The maximum Gasteiger partial charge on any atom is 0.407 e. The lowest BCUT2D eigenvalue weighted by molar-refractivity contribution is -0.143. The highest BCUT2D eigenvalue weighted by atomic mass is 16.5. The van der Waals surface area contributed by atoms with Gasteiger partial charge in [-0.3, -0.25) is 9.48 Å². The zero-order valence-electron chi connectivity index (χ0n) is 19.1. The molecule has 2 atom stereocenters. The van der Waals surface area contributed by atoms with Crippen LogP contribution in [0, 0.1) is 18.8 Å². The molecule has 1 aliphatic carbocycles. The minimum Gasteiger partial charge on any atom is -0.489 e. The number of hydrogen-bond acceptors (Lipinski definition) is 6. The number of carboxylic acids is 1. The van der Waals surface area contributed by atoms with Crippen LogP contribution in [0.4, 0.5) is 4.79 Å². The quantitative estimate of drug-likeness (QED) is 0.638. The van der Waals surface area contributed by atoms with Crippen LogP contribution in [-0.2, 0) is 23.1 Å². The van der Waals surface area contributed by atoms with Gasteiger partial charge in [-0.15, -0.1) is 0 Å². The Morgan fingerprint density at radius 1 is 1.31 bits per heavy atom. The molecular weight excluding hydrogens is 412 g/mol. The first-order valence-electron chi connectivity index (χ1n) is 11.0. The molecule has 174 valence electrons. The number of carbonyl (C=O) groups is 2. The Morgan fingerprint density at radius 2 is 2.09 bits per heavy atom. The standard InChI is InChI=1S/C23H32N4O5/c1-14(2)13-31-23(30)24-12-20-18(11-25-27(20)4)19-8-9-21(15(3)26-19)32-17-7-5-6-16(10-17)22(28)29/h8-9,11,14,16-17H,5-7,10,12-13H2,1-4H3,(H,24,30)(H,28,29)/t16?,17-/m0/s1. The lowest BCUT2D eigenvalue weighted by Crippen LogP contribution is -2.29. The number of ether oxygens (including phenoxy) is 2. The smallest absolute Gasteiger partial charge is 0.407 e. The molecule has 0 aromatic carbocycles. The van der Waals surface area contributed by atoms with Crippen molar-refractivity contribution in [2.75, 3.05) is 6.61 Å². The van der Waals surface area contributed by atoms with Crippen LogP contribution in [0.25, 0.3) is 11.3 Å². The van der Waals surface area contributed by atoms with Crippen LogP contribution in [0.5, 0.6) is 5.75 Å². The summed E-state index contributed by atoms with van der Waals surface area (Å²) in [6.45, 7) is 6.45. The highest BCUT2D eigenvalue weighted by Crippen LogP contribution is 2.30. The topological polar surface area (TPSA) is 116 Å². The number of hydrogen-bond donors (Lipinski definition) is 2. The van der Waals surface area contributed by atoms with E-state index in [1.54, 1.807) is 10.9 Å². The van der Waals surface area contributed by atoms with Gasteiger partial charge in [0.25, 0.3) is 0 Å². The van der Waals surface area contributed by atoms with Crippen molar-refractivity contribution in [1.29, 1.82) is 0 Å². The number of aliphatic carboxylic acids is 1. The number of carbonyl (C=O) groups excluding carboxylic acids is 1. The summed E-state index contributed by atoms with van der Waals surface area (Å²) in [7, 11) is 1.81. The molecule has 1 saturated carbocycles. The predicted molar refractivity (Wildman–Crippen MR) is 118 cm³/mol. The van der Waals surface area contributed by atoms with Gasteiger partial charge in [0, 0.05) is 12.6 Å². The van der Waals surface area contributed by atoms with Crippen molar-refractivity contribution < 1.29 is 24.2 Å². The molecule has 1 unspecified atom stereocenters. The summed E-state index contributed by atoms with van der Waals surface area (Å²) in [5, 5.41) is 16.4. The molecule has 0 radical (unpaired) electrons. The fourth-order valence-corrected chi connectivity index (χ4v) is 3.81. The average molecular weight is 445 g/mol. The van der Waals surface area contributed by atoms with Crippen LogP contribution in [0.1, 0.15) is 50.9 Å². The summed E-state index contributed by atoms with van der Waals surface area (Å²) in [5.74, 6) is -0.177. The molecule has 1 amide bonds. The van der Waals surface area contributed by atoms with E-state index in [1.165, 1.54) is 0 Å². The number of nitrogens with zero attached hydrogens (tertiary/aromatic N) is 3. The van der Waals surface area contributed by atoms with E-state index in [1.807, 2.05) is 40.0 Å². The average Bonchev–Trinajstić information content (AvgIpc) is 3.12. The molecule has 2 heterocycles. The molecule has 32 heavy (non-hydrogen) atoms. The van der Waals surface area contributed by atoms with Crippen molar-refractivity contribution in [3.05, 3.63) is 29.7 Å². The van der Waals surface area contributed by atoms with Crippen LogP contribution >= 0.6 is 0 Å². The zero-order valence-corrected chi connectivity index (χ0v) is 19.1. The lowest BCUT2D eigenvalue weighted by atomic mass is 9.87. The molecule has 1 aliphatic rings. The summed E-state index contributed by atoms with van der Waals surface area (Å²) < 4.78 is 13.0. The fourth-order valence-electron chi connectivity index (χ4n) is 3.81. The Bertz CT molecular complexity index is 956. The first-order valence-corrected chi connectivity index (χ1v) is 11.0. The number of alkyl carbamates (subject to hydrolysis) is 1. The third kappa shape index (κ3) is 5.99. The van der Waals surface area contributed by atoms with E-state index in [0.29, 0.717) is 25.2 Å². The zero-order chi connectivity index (χ0) is 23.3. The Morgan fingerprint density at radius 3 is 2.78 bits per heavy atom. The van der Waals surface area contributed by atoms with Crippen molar-refractivity contribution in [2.45, 2.75) is 59.1 Å². The Labute approximate surface area is 188 Å². The summed E-state index contributed by atoms with van der Waals surface area (Å²) in [6, 6.07) is 3.72. The summed E-state index contributed by atoms with van der Waals surface area (Å²) in [5.41, 5.74) is 3.07. The van der Waals surface area contributed by atoms with Gasteiger partial charge < -0.3 is 19.9 Å². The molecule has 2 aromatic heterocycles. The molecule has 0 aliphatic heterocycles. The number of nitrogens with one attached hydrogen (secondary N) is 1. The van der Waals surface area contributed by atoms with Crippen molar-refractivity contribution in [2.24, 2.45) is 18.9 Å². The second-order valence-electron chi connectivity index (χ2n) is 8.70. The minimum atomic E-state index is -0.755. The van der Waals surface area contributed by atoms with Gasteiger partial charge in [0.15, 0.2) is 0 Å². The molecular formula is C23H32N4O5. The lowest BCUT2D eigenvalue weighted by Gasteiger charge is -2.27. The predicted octanol–water partition coefficient (Wildman–Crippen LogP) is 3.69. The SMILES string of the molecule is Cc1nc(-c2cnn(C)c2CNC(=O)OCC(C)C)ccc1O[C@H]1CCCC(C(=O)O)C1. The second kappa shape index (κ2) is 10.5. The number of rotatable bonds is 8. The number of amides is 1. The monoisotopic (exact) mass is 444 g/mol. The first kappa shape index (κ1) is 23.6. The second-order valence-corrected chi connectivity index (χ2v) is 8.70. The van der Waals surface area contributed by atoms with E-state index in [-0.39, 0.29) is 24.5 Å². The fraction of sp³-hybridized carbons (Fsp3) is 0.565. The molecule has 2 aromatic rings. The van der Waals surface area contributed by atoms with Crippen molar-refractivity contribution in [3.8, 4) is 17.0 Å². The van der Waals surface area contributed by atoms with E-state index in [9.17, 15) is 14.7 Å². The van der Waals surface area contributed by atoms with Crippen LogP contribution in [0.2, 0.25) is 0 Å². The van der Waals surface area contributed by atoms with E-state index in [4.69, 9.17) is 9.47 Å². The normalized spacial score (nSPS) is 18.4. The summed E-state index contributed by atoms with van der Waals surface area (Å²) >= 11 is 0. The van der Waals surface area contributed by atoms with Gasteiger partial charge in [-0.1, -0.05) is 13.8 Å². The number of aryl methyl sites for hydroxylation is 2. The van der Waals surface area contributed by atoms with Gasteiger partial charge in [-0.05, 0) is 50.7 Å². The summed E-state index contributed by atoms with van der Waals surface area (Å²) in [4.78, 5) is 27.9. The Balaban J connectivity index is 1.68. The molecule has 0 bridgehead atoms. The molecule has 1 fully saturated rings. The van der Waals surface area contributed by atoms with Crippen molar-refractivity contribution in [1.82, 2.24) is 20.1 Å². The minimum absolute atomic E-state index is 0.119. The molecule has 0 saturated heterocycles. The maximum atomic E-state index is 11.9. The van der Waals surface area contributed by atoms with Crippen molar-refractivity contribution in [3.63, 3.8) is 0 Å². The molecule has 0 spiro atoms. The molecule has 3 rings (SSSR count). The third-order valence-corrected chi connectivity index (χ3v) is 5.59. The van der Waals surface area contributed by atoms with Crippen LogP contribution in [-0.4, -0.2) is 44.6 Å². The first-order chi connectivity index (χ1) is 15.2. The van der Waals surface area contributed by atoms with E-state index in [2.05, 4.69) is 15.4 Å². The molecule has 2 N–H and O–H groups in total. The summed E-state index contributed by atoms with van der Waals surface area (Å²) in [6.07, 6.45) is 4.04. The van der Waals surface area contributed by atoms with Gasteiger partial charge >= 0.3 is 12.1 Å². The largest absolute Gasteiger partial charge is 0.489 e. The number of aromatic nitrogens is 3. The number of carboxylic acid groups (broad SMARTS) is 1. The van der Waals surface area contributed by atoms with Gasteiger partial charge in [0.1, 0.15) is 5.75 Å². The molecule has 9 heteroatoms. The number of pyridine rings is 1. The third-order valence-electron chi connectivity index (χ3n) is 5.59. The van der Waals surface area contributed by atoms with Gasteiger partial charge in [-0.25, -0.2) is 9.78 Å². The highest BCUT2D eigenvalue weighted by molar-refractivity contribution is 5.70. The Kier molecular flexibility index (Phi) is 7.71. The van der Waals surface area contributed by atoms with E-state index < -0.39 is 12.1 Å². The van der Waals surface area contributed by atoms with Crippen LogP contribution in [0.15, 0.2) is 18.3 Å². The van der Waals surface area contributed by atoms with Gasteiger partial charge in [-0.2, -0.15) is 5.10 Å². The van der Waals surface area contributed by atoms with E-state index in [0.717, 1.165) is 35.5 Å². The van der Waals surface area contributed by atoms with Gasteiger partial charge in [0.2, 0.25) is 0 Å².